The minimum atomic E-state index is -0.438. The lowest BCUT2D eigenvalue weighted by Gasteiger charge is -2.43. The number of hydrogen-bond donors (Lipinski definition) is 0. The van der Waals surface area contributed by atoms with Crippen molar-refractivity contribution in [3.8, 4) is 11.5 Å². The number of halogens is 2. The Morgan fingerprint density at radius 2 is 1.61 bits per heavy atom. The molecule has 7 heteroatoms. The Morgan fingerprint density at radius 3 is 2.19 bits per heavy atom. The predicted octanol–water partition coefficient (Wildman–Crippen LogP) is 7.01. The fourth-order valence-electron chi connectivity index (χ4n) is 5.76. The standard InChI is InChI=1S/C29H29Cl2NO4/c1-3-32-21-9-5-11-23(33)27(21)26(28-22(32)10-6-12-24(28)34)18-14-20(31)29(25(15-18)35-2)36-16-17-7-4-8-19(30)13-17/h4,7-8,13-15,26H,3,5-6,9-12,16H2,1-2H3. The number of methoxy groups -OCH3 is 1. The lowest BCUT2D eigenvalue weighted by molar-refractivity contribution is -0.117. The van der Waals surface area contributed by atoms with Crippen LogP contribution in [-0.4, -0.2) is 30.1 Å². The fraction of sp³-hybridized carbons (Fsp3) is 0.379. The molecule has 5 rings (SSSR count). The van der Waals surface area contributed by atoms with Gasteiger partial charge in [-0.05, 0) is 68.0 Å². The molecule has 5 nitrogen and oxygen atoms in total. The van der Waals surface area contributed by atoms with Gasteiger partial charge in [-0.1, -0.05) is 35.3 Å². The number of benzene rings is 2. The minimum Gasteiger partial charge on any atom is -0.493 e. The lowest BCUT2D eigenvalue weighted by Crippen LogP contribution is -2.39. The molecule has 36 heavy (non-hydrogen) atoms. The highest BCUT2D eigenvalue weighted by Crippen LogP contribution is 2.51. The highest BCUT2D eigenvalue weighted by molar-refractivity contribution is 6.32. The van der Waals surface area contributed by atoms with E-state index in [2.05, 4.69) is 11.8 Å². The third-order valence-electron chi connectivity index (χ3n) is 7.26. The van der Waals surface area contributed by atoms with Crippen LogP contribution in [0.4, 0.5) is 0 Å². The first-order chi connectivity index (χ1) is 17.4. The normalized spacial score (nSPS) is 18.4. The molecule has 0 atom stereocenters. The monoisotopic (exact) mass is 525 g/mol. The van der Waals surface area contributed by atoms with Gasteiger partial charge in [0.2, 0.25) is 0 Å². The van der Waals surface area contributed by atoms with Crippen LogP contribution in [0.5, 0.6) is 11.5 Å². The summed E-state index contributed by atoms with van der Waals surface area (Å²) in [4.78, 5) is 28.9. The smallest absolute Gasteiger partial charge is 0.180 e. The summed E-state index contributed by atoms with van der Waals surface area (Å²) >= 11 is 12.9. The van der Waals surface area contributed by atoms with Crippen molar-refractivity contribution in [2.45, 2.75) is 58.0 Å². The SMILES string of the molecule is CCN1C2=C(C(=O)CCC2)C(c2cc(Cl)c(OCc3cccc(Cl)c3)c(OC)c2)C2=C1CCCC2=O. The van der Waals surface area contributed by atoms with Crippen molar-refractivity contribution in [2.75, 3.05) is 13.7 Å². The number of Topliss-reactive ketones (excluding diaryl/α,β-unsaturated/α-hetero) is 2. The number of carbonyl (C=O) groups excluding carboxylic acids is 2. The first-order valence-corrected chi connectivity index (χ1v) is 13.2. The number of hydrogen-bond acceptors (Lipinski definition) is 5. The van der Waals surface area contributed by atoms with Gasteiger partial charge in [0.05, 0.1) is 12.1 Å². The van der Waals surface area contributed by atoms with Gasteiger partial charge in [0.25, 0.3) is 0 Å². The average molecular weight is 526 g/mol. The van der Waals surface area contributed by atoms with Gasteiger partial charge in [0.1, 0.15) is 6.61 Å². The van der Waals surface area contributed by atoms with Gasteiger partial charge in [0, 0.05) is 52.9 Å². The summed E-state index contributed by atoms with van der Waals surface area (Å²) in [5, 5.41) is 1.01. The lowest BCUT2D eigenvalue weighted by atomic mass is 9.71. The molecule has 0 amide bonds. The van der Waals surface area contributed by atoms with E-state index in [-0.39, 0.29) is 18.2 Å². The van der Waals surface area contributed by atoms with Crippen molar-refractivity contribution in [1.82, 2.24) is 4.90 Å². The van der Waals surface area contributed by atoms with Crippen LogP contribution in [-0.2, 0) is 16.2 Å². The Morgan fingerprint density at radius 1 is 0.944 bits per heavy atom. The van der Waals surface area contributed by atoms with E-state index in [1.807, 2.05) is 36.4 Å². The summed E-state index contributed by atoms with van der Waals surface area (Å²) in [6.07, 6.45) is 4.32. The third-order valence-corrected chi connectivity index (χ3v) is 7.78. The van der Waals surface area contributed by atoms with E-state index in [0.717, 1.165) is 65.9 Å². The van der Waals surface area contributed by atoms with Crippen molar-refractivity contribution in [1.29, 1.82) is 0 Å². The summed E-state index contributed by atoms with van der Waals surface area (Å²) in [7, 11) is 1.56. The van der Waals surface area contributed by atoms with E-state index < -0.39 is 5.92 Å². The van der Waals surface area contributed by atoms with Crippen LogP contribution >= 0.6 is 23.2 Å². The second kappa shape index (κ2) is 10.3. The molecule has 2 aromatic carbocycles. The molecule has 0 radical (unpaired) electrons. The zero-order valence-corrected chi connectivity index (χ0v) is 22.0. The molecule has 2 aromatic rings. The predicted molar refractivity (Wildman–Crippen MR) is 141 cm³/mol. The molecule has 1 aliphatic heterocycles. The quantitative estimate of drug-likeness (QED) is 0.405. The van der Waals surface area contributed by atoms with Gasteiger partial charge < -0.3 is 14.4 Å². The fourth-order valence-corrected chi connectivity index (χ4v) is 6.25. The van der Waals surface area contributed by atoms with E-state index in [9.17, 15) is 9.59 Å². The molecule has 0 N–H and O–H groups in total. The van der Waals surface area contributed by atoms with Crippen molar-refractivity contribution >= 4 is 34.8 Å². The maximum Gasteiger partial charge on any atom is 0.180 e. The molecule has 0 spiro atoms. The first-order valence-electron chi connectivity index (χ1n) is 12.5. The van der Waals surface area contributed by atoms with Crippen LogP contribution in [0, 0.1) is 0 Å². The molecule has 3 aliphatic rings. The van der Waals surface area contributed by atoms with E-state index in [0.29, 0.717) is 34.4 Å². The Bertz CT molecular complexity index is 1250. The van der Waals surface area contributed by atoms with Gasteiger partial charge in [-0.2, -0.15) is 0 Å². The van der Waals surface area contributed by atoms with Gasteiger partial charge >= 0.3 is 0 Å². The largest absolute Gasteiger partial charge is 0.493 e. The van der Waals surface area contributed by atoms with Gasteiger partial charge in [-0.15, -0.1) is 0 Å². The molecule has 0 saturated heterocycles. The number of allylic oxidation sites excluding steroid dienone is 4. The Labute approximate surface area is 221 Å². The van der Waals surface area contributed by atoms with Crippen LogP contribution in [0.2, 0.25) is 10.0 Å². The van der Waals surface area contributed by atoms with Gasteiger partial charge in [0.15, 0.2) is 23.1 Å². The van der Waals surface area contributed by atoms with Crippen LogP contribution in [0.15, 0.2) is 58.9 Å². The molecule has 2 aliphatic carbocycles. The van der Waals surface area contributed by atoms with E-state index in [4.69, 9.17) is 32.7 Å². The molecule has 1 heterocycles. The Hall–Kier alpha value is -2.76. The maximum atomic E-state index is 13.3. The summed E-state index contributed by atoms with van der Waals surface area (Å²) < 4.78 is 11.7. The minimum absolute atomic E-state index is 0.112. The van der Waals surface area contributed by atoms with Crippen molar-refractivity contribution < 1.29 is 19.1 Å². The van der Waals surface area contributed by atoms with Crippen molar-refractivity contribution in [3.05, 3.63) is 80.1 Å². The molecule has 0 unspecified atom stereocenters. The van der Waals surface area contributed by atoms with Crippen molar-refractivity contribution in [2.24, 2.45) is 0 Å². The zero-order valence-electron chi connectivity index (χ0n) is 20.5. The number of carbonyl (C=O) groups is 2. The molecular weight excluding hydrogens is 497 g/mol. The molecule has 0 bridgehead atoms. The number of ether oxygens (including phenoxy) is 2. The second-order valence-electron chi connectivity index (χ2n) is 9.40. The molecule has 0 saturated carbocycles. The van der Waals surface area contributed by atoms with Crippen LogP contribution in [0.1, 0.15) is 62.5 Å². The van der Waals surface area contributed by atoms with Gasteiger partial charge in [-0.3, -0.25) is 9.59 Å². The zero-order chi connectivity index (χ0) is 25.4. The van der Waals surface area contributed by atoms with Crippen LogP contribution in [0.25, 0.3) is 0 Å². The number of nitrogens with zero attached hydrogens (tertiary/aromatic N) is 1. The van der Waals surface area contributed by atoms with E-state index >= 15 is 0 Å². The third kappa shape index (κ3) is 4.44. The van der Waals surface area contributed by atoms with Crippen LogP contribution < -0.4 is 9.47 Å². The number of ketones is 2. The summed E-state index contributed by atoms with van der Waals surface area (Å²) in [5.41, 5.74) is 5.29. The molecule has 188 valence electrons. The summed E-state index contributed by atoms with van der Waals surface area (Å²) in [6, 6.07) is 11.1. The molecular formula is C29H29Cl2NO4. The topological polar surface area (TPSA) is 55.8 Å². The Kier molecular flexibility index (Phi) is 7.14. The first kappa shape index (κ1) is 24.9. The molecule has 0 fully saturated rings. The average Bonchev–Trinajstić information content (AvgIpc) is 2.86. The number of rotatable bonds is 6. The van der Waals surface area contributed by atoms with Crippen molar-refractivity contribution in [3.63, 3.8) is 0 Å². The highest BCUT2D eigenvalue weighted by Gasteiger charge is 2.43. The summed E-state index contributed by atoms with van der Waals surface area (Å²) in [6.45, 7) is 3.09. The summed E-state index contributed by atoms with van der Waals surface area (Å²) in [5.74, 6) is 0.671. The van der Waals surface area contributed by atoms with Gasteiger partial charge in [-0.25, -0.2) is 0 Å². The van der Waals surface area contributed by atoms with E-state index in [1.165, 1.54) is 0 Å². The molecule has 0 aromatic heterocycles. The van der Waals surface area contributed by atoms with Crippen LogP contribution in [0.3, 0.4) is 0 Å². The van der Waals surface area contributed by atoms with E-state index in [1.54, 1.807) is 7.11 Å². The Balaban J connectivity index is 1.59. The maximum absolute atomic E-state index is 13.3. The second-order valence-corrected chi connectivity index (χ2v) is 10.2. The highest BCUT2D eigenvalue weighted by atomic mass is 35.5.